The van der Waals surface area contributed by atoms with Gasteiger partial charge in [-0.05, 0) is 25.6 Å². The Labute approximate surface area is 108 Å². The van der Waals surface area contributed by atoms with Gasteiger partial charge in [-0.1, -0.05) is 18.2 Å². The summed E-state index contributed by atoms with van der Waals surface area (Å²) in [6.07, 6.45) is 0. The molecule has 0 radical (unpaired) electrons. The summed E-state index contributed by atoms with van der Waals surface area (Å²) in [6, 6.07) is 7.71. The van der Waals surface area contributed by atoms with E-state index in [2.05, 4.69) is 10.6 Å². The number of hydrogen-bond donors (Lipinski definition) is 2. The first kappa shape index (κ1) is 15.9. The highest BCUT2D eigenvalue weighted by molar-refractivity contribution is 5.92. The van der Waals surface area contributed by atoms with Crippen molar-refractivity contribution >= 4 is 24.0 Å². The molecule has 0 bridgehead atoms. The first-order valence-electron chi connectivity index (χ1n) is 5.38. The van der Waals surface area contributed by atoms with Gasteiger partial charge in [-0.2, -0.15) is 0 Å². The standard InChI is InChI=1S/C12H18N2O2.ClH/c1-3-16-9-12(15)14-11-7-5-4-6-10(11)8-13-2;/h4-7,13H,3,8-9H2,1-2H3,(H,14,15);1H. The maximum absolute atomic E-state index is 11.5. The number of hydrogen-bond acceptors (Lipinski definition) is 3. The zero-order valence-electron chi connectivity index (χ0n) is 10.2. The van der Waals surface area contributed by atoms with Crippen LogP contribution in [0.1, 0.15) is 12.5 Å². The van der Waals surface area contributed by atoms with Gasteiger partial charge in [0, 0.05) is 18.8 Å². The fraction of sp³-hybridized carbons (Fsp3) is 0.417. The Bertz CT molecular complexity index is 345. The minimum Gasteiger partial charge on any atom is -0.372 e. The van der Waals surface area contributed by atoms with Crippen LogP contribution in [0, 0.1) is 0 Å². The molecule has 0 saturated heterocycles. The molecule has 0 aromatic heterocycles. The van der Waals surface area contributed by atoms with Crippen molar-refractivity contribution in [2.24, 2.45) is 0 Å². The Kier molecular flexibility index (Phi) is 8.40. The van der Waals surface area contributed by atoms with Crippen molar-refractivity contribution in [2.45, 2.75) is 13.5 Å². The Morgan fingerprint density at radius 2 is 2.06 bits per heavy atom. The summed E-state index contributed by atoms with van der Waals surface area (Å²) >= 11 is 0. The fourth-order valence-corrected chi connectivity index (χ4v) is 1.37. The van der Waals surface area contributed by atoms with E-state index in [4.69, 9.17) is 4.74 Å². The molecule has 17 heavy (non-hydrogen) atoms. The summed E-state index contributed by atoms with van der Waals surface area (Å²) in [5.41, 5.74) is 1.90. The van der Waals surface area contributed by atoms with Gasteiger partial charge in [0.15, 0.2) is 0 Å². The number of carbonyl (C=O) groups excluding carboxylic acids is 1. The van der Waals surface area contributed by atoms with Crippen LogP contribution in [-0.4, -0.2) is 26.2 Å². The van der Waals surface area contributed by atoms with Crippen molar-refractivity contribution in [2.75, 3.05) is 25.6 Å². The van der Waals surface area contributed by atoms with Gasteiger partial charge in [0.2, 0.25) is 5.91 Å². The van der Waals surface area contributed by atoms with Gasteiger partial charge in [-0.25, -0.2) is 0 Å². The van der Waals surface area contributed by atoms with Crippen LogP contribution < -0.4 is 10.6 Å². The largest absolute Gasteiger partial charge is 0.372 e. The molecule has 0 saturated carbocycles. The molecular weight excluding hydrogens is 240 g/mol. The van der Waals surface area contributed by atoms with E-state index in [1.807, 2.05) is 38.2 Å². The van der Waals surface area contributed by atoms with E-state index in [0.29, 0.717) is 6.61 Å². The molecule has 0 aliphatic rings. The quantitative estimate of drug-likeness (QED) is 0.818. The van der Waals surface area contributed by atoms with E-state index in [-0.39, 0.29) is 24.9 Å². The maximum atomic E-state index is 11.5. The van der Waals surface area contributed by atoms with Crippen LogP contribution in [0.5, 0.6) is 0 Å². The van der Waals surface area contributed by atoms with Crippen molar-refractivity contribution in [3.63, 3.8) is 0 Å². The number of ether oxygens (including phenoxy) is 1. The molecule has 2 N–H and O–H groups in total. The zero-order valence-corrected chi connectivity index (χ0v) is 11.0. The first-order chi connectivity index (χ1) is 7.77. The van der Waals surface area contributed by atoms with Crippen LogP contribution in [0.3, 0.4) is 0 Å². The minimum atomic E-state index is -0.120. The van der Waals surface area contributed by atoms with E-state index in [1.165, 1.54) is 0 Å². The smallest absolute Gasteiger partial charge is 0.250 e. The molecule has 0 unspecified atom stereocenters. The summed E-state index contributed by atoms with van der Waals surface area (Å²) in [4.78, 5) is 11.5. The van der Waals surface area contributed by atoms with E-state index in [9.17, 15) is 4.79 Å². The lowest BCUT2D eigenvalue weighted by molar-refractivity contribution is -0.120. The highest BCUT2D eigenvalue weighted by Gasteiger charge is 2.05. The summed E-state index contributed by atoms with van der Waals surface area (Å²) in [6.45, 7) is 3.24. The molecular formula is C12H19ClN2O2. The average molecular weight is 259 g/mol. The molecule has 0 heterocycles. The van der Waals surface area contributed by atoms with Crippen molar-refractivity contribution in [3.05, 3.63) is 29.8 Å². The Balaban J connectivity index is 0.00000256. The Morgan fingerprint density at radius 1 is 1.35 bits per heavy atom. The number of amides is 1. The highest BCUT2D eigenvalue weighted by Crippen LogP contribution is 2.14. The van der Waals surface area contributed by atoms with Crippen molar-refractivity contribution in [1.29, 1.82) is 0 Å². The third-order valence-corrected chi connectivity index (χ3v) is 2.10. The van der Waals surface area contributed by atoms with Gasteiger partial charge in [-0.15, -0.1) is 12.4 Å². The number of nitrogens with one attached hydrogen (secondary N) is 2. The number of carbonyl (C=O) groups is 1. The summed E-state index contributed by atoms with van der Waals surface area (Å²) < 4.78 is 5.04. The summed E-state index contributed by atoms with van der Waals surface area (Å²) in [5.74, 6) is -0.120. The molecule has 5 heteroatoms. The third-order valence-electron chi connectivity index (χ3n) is 2.10. The monoisotopic (exact) mass is 258 g/mol. The van der Waals surface area contributed by atoms with Gasteiger partial charge in [-0.3, -0.25) is 4.79 Å². The van der Waals surface area contributed by atoms with Gasteiger partial charge < -0.3 is 15.4 Å². The van der Waals surface area contributed by atoms with Gasteiger partial charge >= 0.3 is 0 Å². The summed E-state index contributed by atoms with van der Waals surface area (Å²) in [7, 11) is 1.87. The van der Waals surface area contributed by atoms with E-state index >= 15 is 0 Å². The topological polar surface area (TPSA) is 50.4 Å². The molecule has 1 amide bonds. The maximum Gasteiger partial charge on any atom is 0.250 e. The number of halogens is 1. The number of rotatable bonds is 6. The fourth-order valence-electron chi connectivity index (χ4n) is 1.37. The van der Waals surface area contributed by atoms with Crippen LogP contribution in [0.25, 0.3) is 0 Å². The lowest BCUT2D eigenvalue weighted by atomic mass is 10.2. The molecule has 0 aliphatic carbocycles. The Hall–Kier alpha value is -1.10. The zero-order chi connectivity index (χ0) is 11.8. The molecule has 0 fully saturated rings. The molecule has 0 atom stereocenters. The SMILES string of the molecule is CCOCC(=O)Nc1ccccc1CNC.Cl. The van der Waals surface area contributed by atoms with E-state index in [1.54, 1.807) is 0 Å². The van der Waals surface area contributed by atoms with Crippen molar-refractivity contribution in [1.82, 2.24) is 5.32 Å². The third kappa shape index (κ3) is 5.68. The second-order valence-electron chi connectivity index (χ2n) is 3.37. The second-order valence-corrected chi connectivity index (χ2v) is 3.37. The van der Waals surface area contributed by atoms with Crippen LogP contribution in [-0.2, 0) is 16.1 Å². The van der Waals surface area contributed by atoms with Crippen molar-refractivity contribution in [3.8, 4) is 0 Å². The molecule has 1 rings (SSSR count). The lowest BCUT2D eigenvalue weighted by Crippen LogP contribution is -2.20. The molecule has 0 aliphatic heterocycles. The predicted molar refractivity (Wildman–Crippen MR) is 71.6 cm³/mol. The lowest BCUT2D eigenvalue weighted by Gasteiger charge is -2.10. The molecule has 1 aromatic carbocycles. The predicted octanol–water partition coefficient (Wildman–Crippen LogP) is 1.80. The number of anilines is 1. The molecule has 96 valence electrons. The first-order valence-corrected chi connectivity index (χ1v) is 5.38. The van der Waals surface area contributed by atoms with Gasteiger partial charge in [0.05, 0.1) is 0 Å². The molecule has 1 aromatic rings. The highest BCUT2D eigenvalue weighted by atomic mass is 35.5. The number of para-hydroxylation sites is 1. The van der Waals surface area contributed by atoms with E-state index < -0.39 is 0 Å². The second kappa shape index (κ2) is 8.98. The molecule has 4 nitrogen and oxygen atoms in total. The minimum absolute atomic E-state index is 0. The average Bonchev–Trinajstić information content (AvgIpc) is 2.29. The van der Waals surface area contributed by atoms with Gasteiger partial charge in [0.1, 0.15) is 6.61 Å². The molecule has 0 spiro atoms. The van der Waals surface area contributed by atoms with Crippen molar-refractivity contribution < 1.29 is 9.53 Å². The summed E-state index contributed by atoms with van der Waals surface area (Å²) in [5, 5.41) is 5.88. The van der Waals surface area contributed by atoms with Gasteiger partial charge in [0.25, 0.3) is 0 Å². The Morgan fingerprint density at radius 3 is 2.71 bits per heavy atom. The van der Waals surface area contributed by atoms with Crippen LogP contribution in [0.15, 0.2) is 24.3 Å². The number of benzene rings is 1. The van der Waals surface area contributed by atoms with Crippen LogP contribution >= 0.6 is 12.4 Å². The van der Waals surface area contributed by atoms with Crippen LogP contribution in [0.2, 0.25) is 0 Å². The normalized spacial score (nSPS) is 9.53. The van der Waals surface area contributed by atoms with Crippen LogP contribution in [0.4, 0.5) is 5.69 Å². The van der Waals surface area contributed by atoms with E-state index in [0.717, 1.165) is 17.8 Å².